The first-order chi connectivity index (χ1) is 10.2. The first kappa shape index (κ1) is 14.6. The first-order valence-electron chi connectivity index (χ1n) is 6.60. The quantitative estimate of drug-likeness (QED) is 0.845. The summed E-state index contributed by atoms with van der Waals surface area (Å²) in [6, 6.07) is 18.8. The molecule has 0 fully saturated rings. The van der Waals surface area contributed by atoms with Crippen molar-refractivity contribution in [3.8, 4) is 11.8 Å². The molecule has 0 atom stereocenters. The molecule has 0 N–H and O–H groups in total. The van der Waals surface area contributed by atoms with Gasteiger partial charge in [-0.25, -0.2) is 0 Å². The van der Waals surface area contributed by atoms with Crippen molar-refractivity contribution in [1.82, 2.24) is 0 Å². The average molecular weight is 280 g/mol. The van der Waals surface area contributed by atoms with Gasteiger partial charge < -0.3 is 9.64 Å². The number of rotatable bonds is 5. The van der Waals surface area contributed by atoms with Gasteiger partial charge in [-0.15, -0.1) is 0 Å². The van der Waals surface area contributed by atoms with Gasteiger partial charge in [0.05, 0.1) is 19.7 Å². The summed E-state index contributed by atoms with van der Waals surface area (Å²) in [7, 11) is 1.61. The molecule has 2 aromatic rings. The van der Waals surface area contributed by atoms with Crippen LogP contribution in [-0.4, -0.2) is 13.0 Å². The van der Waals surface area contributed by atoms with Crippen molar-refractivity contribution in [2.45, 2.75) is 13.0 Å². The number of hydrogen-bond donors (Lipinski definition) is 0. The Hall–Kier alpha value is -2.80. The van der Waals surface area contributed by atoms with Gasteiger partial charge in [-0.2, -0.15) is 5.26 Å². The maximum Gasteiger partial charge on any atom is 0.241 e. The lowest BCUT2D eigenvalue weighted by atomic mass is 10.1. The van der Waals surface area contributed by atoms with E-state index in [1.54, 1.807) is 12.0 Å². The number of ether oxygens (including phenoxy) is 1. The van der Waals surface area contributed by atoms with Crippen LogP contribution in [0.1, 0.15) is 12.0 Å². The number of para-hydroxylation sites is 1. The number of methoxy groups -OCH3 is 1. The van der Waals surface area contributed by atoms with E-state index >= 15 is 0 Å². The Morgan fingerprint density at radius 1 is 1.14 bits per heavy atom. The van der Waals surface area contributed by atoms with Crippen LogP contribution >= 0.6 is 0 Å². The van der Waals surface area contributed by atoms with E-state index in [2.05, 4.69) is 0 Å². The Morgan fingerprint density at radius 2 is 1.81 bits per heavy atom. The number of carbonyl (C=O) groups excluding carboxylic acids is 1. The molecule has 4 heteroatoms. The topological polar surface area (TPSA) is 53.3 Å². The van der Waals surface area contributed by atoms with Gasteiger partial charge in [0, 0.05) is 5.69 Å². The van der Waals surface area contributed by atoms with Gasteiger partial charge in [0.1, 0.15) is 12.2 Å². The van der Waals surface area contributed by atoms with Gasteiger partial charge in [0.25, 0.3) is 0 Å². The molecule has 0 aliphatic carbocycles. The summed E-state index contributed by atoms with van der Waals surface area (Å²) in [5.41, 5.74) is 1.76. The number of nitriles is 1. The van der Waals surface area contributed by atoms with Crippen LogP contribution in [0, 0.1) is 11.3 Å². The minimum Gasteiger partial charge on any atom is -0.497 e. The summed E-state index contributed by atoms with van der Waals surface area (Å²) >= 11 is 0. The number of carbonyl (C=O) groups is 1. The predicted molar refractivity (Wildman–Crippen MR) is 80.9 cm³/mol. The van der Waals surface area contributed by atoms with Gasteiger partial charge in [-0.05, 0) is 29.8 Å². The van der Waals surface area contributed by atoms with Gasteiger partial charge in [-0.1, -0.05) is 30.3 Å². The van der Waals surface area contributed by atoms with Crippen molar-refractivity contribution in [2.24, 2.45) is 0 Å². The molecule has 0 aliphatic rings. The molecule has 2 aromatic carbocycles. The lowest BCUT2D eigenvalue weighted by Crippen LogP contribution is -2.29. The normalized spacial score (nSPS) is 9.71. The molecule has 21 heavy (non-hydrogen) atoms. The third-order valence-electron chi connectivity index (χ3n) is 3.10. The third kappa shape index (κ3) is 3.83. The highest BCUT2D eigenvalue weighted by Gasteiger charge is 2.15. The fourth-order valence-corrected chi connectivity index (χ4v) is 2.01. The lowest BCUT2D eigenvalue weighted by Gasteiger charge is -2.22. The summed E-state index contributed by atoms with van der Waals surface area (Å²) in [5.74, 6) is 0.563. The first-order valence-corrected chi connectivity index (χ1v) is 6.60. The summed E-state index contributed by atoms with van der Waals surface area (Å²) in [4.78, 5) is 13.8. The molecule has 0 heterocycles. The third-order valence-corrected chi connectivity index (χ3v) is 3.10. The molecule has 0 unspecified atom stereocenters. The molecule has 0 aromatic heterocycles. The van der Waals surface area contributed by atoms with Crippen LogP contribution in [0.2, 0.25) is 0 Å². The number of nitrogens with zero attached hydrogens (tertiary/aromatic N) is 2. The molecule has 0 aliphatic heterocycles. The Labute approximate surface area is 124 Å². The monoisotopic (exact) mass is 280 g/mol. The van der Waals surface area contributed by atoms with Gasteiger partial charge >= 0.3 is 0 Å². The second-order valence-electron chi connectivity index (χ2n) is 4.50. The summed E-state index contributed by atoms with van der Waals surface area (Å²) in [6.45, 7) is 0.425. The fraction of sp³-hybridized carbons (Fsp3) is 0.176. The highest BCUT2D eigenvalue weighted by molar-refractivity contribution is 5.94. The largest absolute Gasteiger partial charge is 0.497 e. The summed E-state index contributed by atoms with van der Waals surface area (Å²) in [5, 5.41) is 8.75. The molecule has 2 rings (SSSR count). The number of anilines is 1. The Morgan fingerprint density at radius 3 is 2.38 bits per heavy atom. The van der Waals surface area contributed by atoms with E-state index in [0.29, 0.717) is 6.54 Å². The van der Waals surface area contributed by atoms with Crippen LogP contribution in [0.4, 0.5) is 5.69 Å². The summed E-state index contributed by atoms with van der Waals surface area (Å²) in [6.07, 6.45) is -0.134. The smallest absolute Gasteiger partial charge is 0.241 e. The molecular formula is C17H16N2O2. The van der Waals surface area contributed by atoms with Crippen LogP contribution in [0.3, 0.4) is 0 Å². The standard InChI is InChI=1S/C17H16N2O2/c1-21-16-9-7-14(8-10-16)13-19(17(20)11-12-18)15-5-3-2-4-6-15/h2-10H,11,13H2,1H3. The van der Waals surface area contributed by atoms with Crippen LogP contribution in [0.25, 0.3) is 0 Å². The molecule has 106 valence electrons. The van der Waals surface area contributed by atoms with Crippen molar-refractivity contribution >= 4 is 11.6 Å². The van der Waals surface area contributed by atoms with Crippen LogP contribution < -0.4 is 9.64 Å². The van der Waals surface area contributed by atoms with E-state index in [1.807, 2.05) is 60.7 Å². The van der Waals surface area contributed by atoms with Gasteiger partial charge in [-0.3, -0.25) is 4.79 Å². The molecule has 0 spiro atoms. The van der Waals surface area contributed by atoms with Crippen molar-refractivity contribution < 1.29 is 9.53 Å². The lowest BCUT2D eigenvalue weighted by molar-refractivity contribution is -0.117. The highest BCUT2D eigenvalue weighted by atomic mass is 16.5. The highest BCUT2D eigenvalue weighted by Crippen LogP contribution is 2.19. The van der Waals surface area contributed by atoms with Crippen molar-refractivity contribution in [3.05, 3.63) is 60.2 Å². The molecule has 0 saturated heterocycles. The van der Waals surface area contributed by atoms with Crippen LogP contribution in [0.15, 0.2) is 54.6 Å². The second-order valence-corrected chi connectivity index (χ2v) is 4.50. The van der Waals surface area contributed by atoms with Gasteiger partial charge in [0.15, 0.2) is 0 Å². The Bertz CT molecular complexity index is 630. The SMILES string of the molecule is COc1ccc(CN(C(=O)CC#N)c2ccccc2)cc1. The van der Waals surface area contributed by atoms with E-state index in [-0.39, 0.29) is 12.3 Å². The minimum absolute atomic E-state index is 0.134. The molecular weight excluding hydrogens is 264 g/mol. The van der Waals surface area contributed by atoms with Gasteiger partial charge in [0.2, 0.25) is 5.91 Å². The summed E-state index contributed by atoms with van der Waals surface area (Å²) < 4.78 is 5.12. The second kappa shape index (κ2) is 7.11. The van der Waals surface area contributed by atoms with Crippen LogP contribution in [-0.2, 0) is 11.3 Å². The average Bonchev–Trinajstić information content (AvgIpc) is 2.54. The Balaban J connectivity index is 2.23. The molecule has 1 amide bonds. The number of benzene rings is 2. The Kier molecular flexibility index (Phi) is 4.94. The predicted octanol–water partition coefficient (Wildman–Crippen LogP) is 3.14. The van der Waals surface area contributed by atoms with E-state index in [4.69, 9.17) is 10.00 Å². The zero-order chi connectivity index (χ0) is 15.1. The van der Waals surface area contributed by atoms with Crippen molar-refractivity contribution in [3.63, 3.8) is 0 Å². The van der Waals surface area contributed by atoms with Crippen molar-refractivity contribution in [1.29, 1.82) is 5.26 Å². The molecule has 0 radical (unpaired) electrons. The maximum absolute atomic E-state index is 12.1. The number of hydrogen-bond acceptors (Lipinski definition) is 3. The number of amides is 1. The molecule has 4 nitrogen and oxygen atoms in total. The molecule has 0 saturated carbocycles. The minimum atomic E-state index is -0.209. The van der Waals surface area contributed by atoms with E-state index in [9.17, 15) is 4.79 Å². The van der Waals surface area contributed by atoms with Crippen molar-refractivity contribution in [2.75, 3.05) is 12.0 Å². The zero-order valence-electron chi connectivity index (χ0n) is 11.8. The zero-order valence-corrected chi connectivity index (χ0v) is 11.8. The fourth-order valence-electron chi connectivity index (χ4n) is 2.01. The van der Waals surface area contributed by atoms with E-state index in [0.717, 1.165) is 17.0 Å². The maximum atomic E-state index is 12.1. The molecule has 0 bridgehead atoms. The van der Waals surface area contributed by atoms with Crippen LogP contribution in [0.5, 0.6) is 5.75 Å². The van der Waals surface area contributed by atoms with E-state index in [1.165, 1.54) is 0 Å². The van der Waals surface area contributed by atoms with E-state index < -0.39 is 0 Å².